The molecule has 0 fully saturated rings. The van der Waals surface area contributed by atoms with Crippen LogP contribution in [0.1, 0.15) is 17.9 Å². The molecule has 2 amide bonds. The largest absolute Gasteiger partial charge is 0.332 e. The van der Waals surface area contributed by atoms with Gasteiger partial charge in [-0.2, -0.15) is 5.10 Å². The molecule has 0 radical (unpaired) electrons. The molecule has 1 aromatic heterocycles. The molecule has 1 aliphatic heterocycles. The fraction of sp³-hybridized carbons (Fsp3) is 0.130. The van der Waals surface area contributed by atoms with Gasteiger partial charge in [-0.1, -0.05) is 18.2 Å². The van der Waals surface area contributed by atoms with E-state index < -0.39 is 23.5 Å². The van der Waals surface area contributed by atoms with Gasteiger partial charge in [-0.25, -0.2) is 13.5 Å². The van der Waals surface area contributed by atoms with E-state index in [2.05, 4.69) is 15.7 Å². The molecule has 1 atom stereocenters. The Kier molecular flexibility index (Phi) is 5.63. The van der Waals surface area contributed by atoms with Crippen LogP contribution in [-0.2, 0) is 16.6 Å². The number of aromatic nitrogens is 2. The van der Waals surface area contributed by atoms with Gasteiger partial charge in [0.05, 0.1) is 11.3 Å². The van der Waals surface area contributed by atoms with Gasteiger partial charge in [-0.15, -0.1) is 0 Å². The van der Waals surface area contributed by atoms with E-state index in [0.29, 0.717) is 16.7 Å². The fourth-order valence-corrected chi connectivity index (χ4v) is 3.54. The molecule has 0 bridgehead atoms. The van der Waals surface area contributed by atoms with Crippen molar-refractivity contribution >= 4 is 17.5 Å². The summed E-state index contributed by atoms with van der Waals surface area (Å²) in [5.41, 5.74) is 0.988. The smallest absolute Gasteiger partial charge is 0.274 e. The number of hydrogen-bond donors (Lipinski definition) is 2. The maximum atomic E-state index is 14.5. The van der Waals surface area contributed by atoms with E-state index in [-0.39, 0.29) is 29.1 Å². The third-order valence-corrected chi connectivity index (χ3v) is 5.22. The molecule has 0 aliphatic carbocycles. The van der Waals surface area contributed by atoms with Gasteiger partial charge in [-0.05, 0) is 41.5 Å². The highest BCUT2D eigenvalue weighted by atomic mass is 19.1. The summed E-state index contributed by atoms with van der Waals surface area (Å²) in [6, 6.07) is 10.9. The third-order valence-electron chi connectivity index (χ3n) is 5.22. The lowest BCUT2D eigenvalue weighted by atomic mass is 9.86. The topological polar surface area (TPSA) is 93.1 Å². The van der Waals surface area contributed by atoms with Crippen molar-refractivity contribution in [2.45, 2.75) is 12.3 Å². The van der Waals surface area contributed by atoms with E-state index in [4.69, 9.17) is 0 Å². The molecular weight excluding hydrogens is 418 g/mol. The van der Waals surface area contributed by atoms with Crippen LogP contribution in [0.25, 0.3) is 11.1 Å². The molecule has 9 heteroatoms. The van der Waals surface area contributed by atoms with Crippen molar-refractivity contribution in [2.24, 2.45) is 7.05 Å². The lowest BCUT2D eigenvalue weighted by molar-refractivity contribution is -0.121. The van der Waals surface area contributed by atoms with Crippen LogP contribution in [0.4, 0.5) is 14.5 Å². The Hall–Kier alpha value is -4.14. The second kappa shape index (κ2) is 8.54. The maximum Gasteiger partial charge on any atom is 0.274 e. The van der Waals surface area contributed by atoms with Crippen molar-refractivity contribution in [1.29, 1.82) is 0 Å². The number of aryl methyl sites for hydroxylation is 1. The first kappa shape index (κ1) is 21.1. The lowest BCUT2D eigenvalue weighted by Crippen LogP contribution is -2.32. The zero-order chi connectivity index (χ0) is 22.8. The Morgan fingerprint density at radius 2 is 1.88 bits per heavy atom. The molecule has 32 heavy (non-hydrogen) atoms. The van der Waals surface area contributed by atoms with Crippen molar-refractivity contribution in [3.05, 3.63) is 94.1 Å². The molecule has 3 aromatic rings. The van der Waals surface area contributed by atoms with Crippen molar-refractivity contribution in [2.75, 3.05) is 5.32 Å². The average molecular weight is 436 g/mol. The number of anilines is 1. The normalized spacial score (nSPS) is 15.7. The van der Waals surface area contributed by atoms with E-state index in [9.17, 15) is 23.2 Å². The minimum Gasteiger partial charge on any atom is -0.332 e. The van der Waals surface area contributed by atoms with Crippen LogP contribution >= 0.6 is 0 Å². The van der Waals surface area contributed by atoms with Crippen LogP contribution in [0.2, 0.25) is 0 Å². The monoisotopic (exact) mass is 436 g/mol. The van der Waals surface area contributed by atoms with E-state index in [1.807, 2.05) is 0 Å². The minimum atomic E-state index is -0.688. The summed E-state index contributed by atoms with van der Waals surface area (Å²) in [5.74, 6) is -2.67. The Balaban J connectivity index is 1.65. The van der Waals surface area contributed by atoms with E-state index in [1.54, 1.807) is 0 Å². The van der Waals surface area contributed by atoms with Crippen molar-refractivity contribution in [3.63, 3.8) is 0 Å². The highest BCUT2D eigenvalue weighted by Gasteiger charge is 2.29. The number of nitrogens with one attached hydrogen (secondary N) is 2. The Morgan fingerprint density at radius 3 is 2.62 bits per heavy atom. The van der Waals surface area contributed by atoms with Crippen LogP contribution in [0.5, 0.6) is 0 Å². The highest BCUT2D eigenvalue weighted by Crippen LogP contribution is 2.32. The second-order valence-electron chi connectivity index (χ2n) is 7.30. The van der Waals surface area contributed by atoms with E-state index in [1.165, 1.54) is 61.9 Å². The Bertz CT molecular complexity index is 1300. The number of carbonyl (C=O) groups excluding carboxylic acids is 2. The molecule has 0 saturated heterocycles. The summed E-state index contributed by atoms with van der Waals surface area (Å²) in [6.45, 7) is 0. The van der Waals surface area contributed by atoms with Crippen molar-refractivity contribution in [3.8, 4) is 11.1 Å². The quantitative estimate of drug-likeness (QED) is 0.658. The molecule has 0 saturated carbocycles. The number of rotatable bonds is 4. The van der Waals surface area contributed by atoms with Crippen LogP contribution in [0.15, 0.2) is 71.3 Å². The highest BCUT2D eigenvalue weighted by molar-refractivity contribution is 6.06. The van der Waals surface area contributed by atoms with Crippen molar-refractivity contribution in [1.82, 2.24) is 15.1 Å². The molecule has 0 spiro atoms. The second-order valence-corrected chi connectivity index (χ2v) is 7.30. The molecule has 1 aliphatic rings. The zero-order valence-corrected chi connectivity index (χ0v) is 16.9. The van der Waals surface area contributed by atoms with Crippen LogP contribution in [-0.4, -0.2) is 21.6 Å². The zero-order valence-electron chi connectivity index (χ0n) is 16.9. The first-order valence-electron chi connectivity index (χ1n) is 9.72. The number of nitrogens with zero attached hydrogens (tertiary/aromatic N) is 2. The molecular formula is C23H18F2N4O3. The predicted octanol–water partition coefficient (Wildman–Crippen LogP) is 2.85. The Labute approximate surface area is 181 Å². The number of halogens is 2. The SMILES string of the molecule is Cn1nccc(-c2ccc(F)c(NC(=O)C3=CNC(=O)CC3c3ccc(F)cc3)c2)c1=O. The molecule has 2 aromatic carbocycles. The van der Waals surface area contributed by atoms with Gasteiger partial charge in [0.1, 0.15) is 11.6 Å². The van der Waals surface area contributed by atoms with Gasteiger partial charge < -0.3 is 10.6 Å². The van der Waals surface area contributed by atoms with Gasteiger partial charge in [0, 0.05) is 37.4 Å². The van der Waals surface area contributed by atoms with Crippen LogP contribution in [0, 0.1) is 11.6 Å². The first-order chi connectivity index (χ1) is 15.3. The van der Waals surface area contributed by atoms with Crippen LogP contribution in [0.3, 0.4) is 0 Å². The standard InChI is InChI=1S/C23H18F2N4O3/c1-29-23(32)16(8-9-27-29)14-4-7-19(25)20(10-14)28-22(31)18-12-26-21(30)11-17(18)13-2-5-15(24)6-3-13/h2-10,12,17H,11H2,1H3,(H,26,30)(H,28,31). The van der Waals surface area contributed by atoms with Gasteiger partial charge in [0.15, 0.2) is 0 Å². The summed E-state index contributed by atoms with van der Waals surface area (Å²) < 4.78 is 28.9. The van der Waals surface area contributed by atoms with Crippen molar-refractivity contribution < 1.29 is 18.4 Å². The minimum absolute atomic E-state index is 0.0134. The summed E-state index contributed by atoms with van der Waals surface area (Å²) >= 11 is 0. The molecule has 162 valence electrons. The summed E-state index contributed by atoms with van der Waals surface area (Å²) in [7, 11) is 1.50. The molecule has 4 rings (SSSR count). The molecule has 2 heterocycles. The van der Waals surface area contributed by atoms with Gasteiger partial charge >= 0.3 is 0 Å². The number of carbonyl (C=O) groups is 2. The van der Waals surface area contributed by atoms with E-state index in [0.717, 1.165) is 10.7 Å². The molecule has 2 N–H and O–H groups in total. The maximum absolute atomic E-state index is 14.5. The van der Waals surface area contributed by atoms with Gasteiger partial charge in [-0.3, -0.25) is 14.4 Å². The average Bonchev–Trinajstić information content (AvgIpc) is 2.77. The van der Waals surface area contributed by atoms with Gasteiger partial charge in [0.2, 0.25) is 5.91 Å². The first-order valence-corrected chi connectivity index (χ1v) is 9.72. The van der Waals surface area contributed by atoms with Crippen LogP contribution < -0.4 is 16.2 Å². The molecule has 7 nitrogen and oxygen atoms in total. The van der Waals surface area contributed by atoms with E-state index >= 15 is 0 Å². The number of benzene rings is 2. The molecule has 1 unspecified atom stereocenters. The fourth-order valence-electron chi connectivity index (χ4n) is 3.54. The Morgan fingerprint density at radius 1 is 1.12 bits per heavy atom. The number of hydrogen-bond acceptors (Lipinski definition) is 4. The lowest BCUT2D eigenvalue weighted by Gasteiger charge is -2.24. The van der Waals surface area contributed by atoms with Gasteiger partial charge in [0.25, 0.3) is 11.5 Å². The summed E-state index contributed by atoms with van der Waals surface area (Å²) in [6.07, 6.45) is 2.71. The predicted molar refractivity (Wildman–Crippen MR) is 113 cm³/mol. The summed E-state index contributed by atoms with van der Waals surface area (Å²) in [4.78, 5) is 37.2. The third kappa shape index (κ3) is 4.18. The summed E-state index contributed by atoms with van der Waals surface area (Å²) in [5, 5.41) is 8.87. The number of amides is 2.